The minimum atomic E-state index is -4.55. The van der Waals surface area contributed by atoms with Gasteiger partial charge in [0.05, 0.1) is 17.2 Å². The zero-order valence-corrected chi connectivity index (χ0v) is 17.7. The third-order valence-corrected chi connectivity index (χ3v) is 5.22. The van der Waals surface area contributed by atoms with Gasteiger partial charge in [-0.05, 0) is 72.9 Å². The average molecular weight is 441 g/mol. The highest BCUT2D eigenvalue weighted by Gasteiger charge is 2.33. The molecule has 1 saturated heterocycles. The maximum Gasteiger partial charge on any atom is 0.417 e. The summed E-state index contributed by atoms with van der Waals surface area (Å²) in [6.07, 6.45) is 1.28. The number of alkyl halides is 3. The number of hydrogen-bond donors (Lipinski definition) is 2. The smallest absolute Gasteiger partial charge is 0.417 e. The van der Waals surface area contributed by atoms with E-state index in [1.165, 1.54) is 18.2 Å². The minimum Gasteiger partial charge on any atom is -0.490 e. The predicted molar refractivity (Wildman–Crippen MR) is 120 cm³/mol. The summed E-state index contributed by atoms with van der Waals surface area (Å²) >= 11 is 0. The summed E-state index contributed by atoms with van der Waals surface area (Å²) in [7, 11) is 0. The maximum absolute atomic E-state index is 13.4. The molecule has 0 radical (unpaired) electrons. The van der Waals surface area contributed by atoms with E-state index in [-0.39, 0.29) is 11.1 Å². The van der Waals surface area contributed by atoms with Crippen molar-refractivity contribution >= 4 is 12.2 Å². The highest BCUT2D eigenvalue weighted by molar-refractivity contribution is 5.72. The fourth-order valence-electron chi connectivity index (χ4n) is 3.63. The highest BCUT2D eigenvalue weighted by atomic mass is 19.4. The van der Waals surface area contributed by atoms with E-state index in [4.69, 9.17) is 10.00 Å². The van der Waals surface area contributed by atoms with Crippen molar-refractivity contribution in [3.8, 4) is 11.8 Å². The van der Waals surface area contributed by atoms with Crippen molar-refractivity contribution in [2.24, 2.45) is 5.92 Å². The molecule has 1 aliphatic heterocycles. The molecule has 3 rings (SSSR count). The van der Waals surface area contributed by atoms with Crippen LogP contribution in [0.15, 0.2) is 49.1 Å². The molecule has 0 bridgehead atoms. The van der Waals surface area contributed by atoms with E-state index in [0.29, 0.717) is 24.8 Å². The van der Waals surface area contributed by atoms with E-state index in [1.54, 1.807) is 24.3 Å². The van der Waals surface area contributed by atoms with Gasteiger partial charge in [0.25, 0.3) is 0 Å². The van der Waals surface area contributed by atoms with Crippen molar-refractivity contribution in [2.75, 3.05) is 26.2 Å². The third kappa shape index (κ3) is 6.71. The topological polar surface area (TPSA) is 57.1 Å². The van der Waals surface area contributed by atoms with Gasteiger partial charge in [-0.3, -0.25) is 0 Å². The molecular formula is C25H26F3N3O. The number of halogens is 3. The molecule has 168 valence electrons. The van der Waals surface area contributed by atoms with E-state index in [2.05, 4.69) is 17.2 Å². The molecule has 2 aromatic rings. The van der Waals surface area contributed by atoms with Gasteiger partial charge >= 0.3 is 6.18 Å². The van der Waals surface area contributed by atoms with E-state index in [9.17, 15) is 13.2 Å². The molecule has 0 aliphatic carbocycles. The number of nitrogens with one attached hydrogen (secondary N) is 2. The lowest BCUT2D eigenvalue weighted by atomic mass is 10.0. The normalized spacial score (nSPS) is 16.2. The van der Waals surface area contributed by atoms with Crippen molar-refractivity contribution in [1.29, 1.82) is 5.26 Å². The molecule has 1 atom stereocenters. The van der Waals surface area contributed by atoms with Crippen molar-refractivity contribution in [1.82, 2.24) is 10.6 Å². The SMILES string of the molecule is C=CCOc1cc(/C=C/c2ccc(C#N)cc2C(F)(F)F)cc(CNCC2CCNC2)c1. The number of ether oxygens (including phenoxy) is 1. The van der Waals surface area contributed by atoms with Gasteiger partial charge in [-0.25, -0.2) is 0 Å². The predicted octanol–water partition coefficient (Wildman–Crippen LogP) is 5.01. The van der Waals surface area contributed by atoms with Gasteiger partial charge < -0.3 is 15.4 Å². The van der Waals surface area contributed by atoms with Crippen LogP contribution in [0.4, 0.5) is 13.2 Å². The van der Waals surface area contributed by atoms with E-state index >= 15 is 0 Å². The van der Waals surface area contributed by atoms with E-state index in [0.717, 1.165) is 43.2 Å². The largest absolute Gasteiger partial charge is 0.490 e. The quantitative estimate of drug-likeness (QED) is 0.424. The molecular weight excluding hydrogens is 415 g/mol. The van der Waals surface area contributed by atoms with Crippen molar-refractivity contribution in [3.63, 3.8) is 0 Å². The first-order chi connectivity index (χ1) is 15.4. The molecule has 7 heteroatoms. The summed E-state index contributed by atoms with van der Waals surface area (Å²) in [5.41, 5.74) is 0.845. The Morgan fingerprint density at radius 1 is 1.22 bits per heavy atom. The Hall–Kier alpha value is -3.08. The van der Waals surface area contributed by atoms with Crippen molar-refractivity contribution in [2.45, 2.75) is 19.1 Å². The Balaban J connectivity index is 1.82. The molecule has 0 spiro atoms. The molecule has 1 heterocycles. The van der Waals surface area contributed by atoms with Crippen molar-refractivity contribution < 1.29 is 17.9 Å². The van der Waals surface area contributed by atoms with Crippen LogP contribution in [-0.4, -0.2) is 26.2 Å². The van der Waals surface area contributed by atoms with Crippen LogP contribution < -0.4 is 15.4 Å². The first kappa shape index (κ1) is 23.6. The van der Waals surface area contributed by atoms with Gasteiger partial charge in [0.15, 0.2) is 0 Å². The fourth-order valence-corrected chi connectivity index (χ4v) is 3.63. The maximum atomic E-state index is 13.4. The van der Waals surface area contributed by atoms with Crippen LogP contribution in [0.3, 0.4) is 0 Å². The van der Waals surface area contributed by atoms with Gasteiger partial charge in [-0.2, -0.15) is 18.4 Å². The molecule has 32 heavy (non-hydrogen) atoms. The van der Waals surface area contributed by atoms with E-state index in [1.807, 2.05) is 12.1 Å². The fraction of sp³-hybridized carbons (Fsp3) is 0.320. The number of rotatable bonds is 9. The monoisotopic (exact) mass is 441 g/mol. The second-order valence-electron chi connectivity index (χ2n) is 7.74. The summed E-state index contributed by atoms with van der Waals surface area (Å²) in [6, 6.07) is 10.9. The van der Waals surface area contributed by atoms with Crippen LogP contribution in [0.2, 0.25) is 0 Å². The molecule has 0 amide bonds. The first-order valence-corrected chi connectivity index (χ1v) is 10.5. The average Bonchev–Trinajstić information content (AvgIpc) is 3.29. The van der Waals surface area contributed by atoms with Crippen LogP contribution >= 0.6 is 0 Å². The van der Waals surface area contributed by atoms with Crippen LogP contribution in [0, 0.1) is 17.2 Å². The lowest BCUT2D eigenvalue weighted by Gasteiger charge is -2.13. The molecule has 0 aromatic heterocycles. The van der Waals surface area contributed by atoms with Crippen LogP contribution in [0.5, 0.6) is 5.75 Å². The Kier molecular flexibility index (Phi) is 8.09. The van der Waals surface area contributed by atoms with Crippen LogP contribution in [0.1, 0.15) is 34.2 Å². The molecule has 1 fully saturated rings. The second kappa shape index (κ2) is 11.0. The molecule has 2 N–H and O–H groups in total. The summed E-state index contributed by atoms with van der Waals surface area (Å²) in [5.74, 6) is 1.23. The van der Waals surface area contributed by atoms with Crippen LogP contribution in [-0.2, 0) is 12.7 Å². The molecule has 2 aromatic carbocycles. The standard InChI is InChI=1S/C25H26F3N3O/c1-2-9-32-23-11-18(10-21(12-23)17-31-16-20-7-8-30-15-20)3-5-22-6-4-19(14-29)13-24(22)25(26,27)28/h2-6,10-13,20,30-31H,1,7-9,15-17H2/b5-3+. The Labute approximate surface area is 186 Å². The number of hydrogen-bond acceptors (Lipinski definition) is 4. The zero-order valence-electron chi connectivity index (χ0n) is 17.7. The molecule has 1 aliphatic rings. The van der Waals surface area contributed by atoms with Gasteiger partial charge in [0.2, 0.25) is 0 Å². The van der Waals surface area contributed by atoms with Gasteiger partial charge in [0, 0.05) is 6.54 Å². The zero-order chi connectivity index (χ0) is 23.0. The summed E-state index contributed by atoms with van der Waals surface area (Å²) in [5, 5.41) is 15.7. The molecule has 1 unspecified atom stereocenters. The van der Waals surface area contributed by atoms with Crippen LogP contribution in [0.25, 0.3) is 12.2 Å². The lowest BCUT2D eigenvalue weighted by molar-refractivity contribution is -0.137. The Morgan fingerprint density at radius 2 is 2.06 bits per heavy atom. The second-order valence-corrected chi connectivity index (χ2v) is 7.74. The summed E-state index contributed by atoms with van der Waals surface area (Å²) in [4.78, 5) is 0. The van der Waals surface area contributed by atoms with Gasteiger partial charge in [-0.15, -0.1) is 0 Å². The Morgan fingerprint density at radius 3 is 2.75 bits per heavy atom. The Bertz CT molecular complexity index is 1000. The third-order valence-electron chi connectivity index (χ3n) is 5.22. The highest BCUT2D eigenvalue weighted by Crippen LogP contribution is 2.33. The van der Waals surface area contributed by atoms with Crippen molar-refractivity contribution in [3.05, 3.63) is 76.9 Å². The van der Waals surface area contributed by atoms with E-state index < -0.39 is 11.7 Å². The molecule has 0 saturated carbocycles. The summed E-state index contributed by atoms with van der Waals surface area (Å²) < 4.78 is 46.0. The van der Waals surface area contributed by atoms with Gasteiger partial charge in [0.1, 0.15) is 12.4 Å². The number of nitrogens with zero attached hydrogens (tertiary/aromatic N) is 1. The summed E-state index contributed by atoms with van der Waals surface area (Å²) in [6.45, 7) is 7.57. The lowest BCUT2D eigenvalue weighted by Crippen LogP contribution is -2.24. The van der Waals surface area contributed by atoms with Gasteiger partial charge in [-0.1, -0.05) is 36.9 Å². The number of nitriles is 1. The first-order valence-electron chi connectivity index (χ1n) is 10.5. The molecule has 4 nitrogen and oxygen atoms in total. The number of benzene rings is 2. The minimum absolute atomic E-state index is 0.00215.